The largest absolute Gasteiger partial charge is 0.748 e. The van der Waals surface area contributed by atoms with Crippen molar-refractivity contribution in [3.8, 4) is 0 Å². The van der Waals surface area contributed by atoms with E-state index in [2.05, 4.69) is 17.4 Å². The van der Waals surface area contributed by atoms with Gasteiger partial charge in [-0.1, -0.05) is 0 Å². The van der Waals surface area contributed by atoms with E-state index in [4.69, 9.17) is 0 Å². The Morgan fingerprint density at radius 3 is 1.65 bits per heavy atom. The van der Waals surface area contributed by atoms with Crippen LogP contribution in [0.1, 0.15) is 0 Å². The van der Waals surface area contributed by atoms with Gasteiger partial charge in [-0.25, -0.2) is 12.1 Å². The van der Waals surface area contributed by atoms with Gasteiger partial charge >= 0.3 is 5.97 Å². The normalized spacial score (nSPS) is 7.41. The summed E-state index contributed by atoms with van der Waals surface area (Å²) < 4.78 is 4.18. The molecule has 0 saturated heterocycles. The molecule has 0 amide bonds. The van der Waals surface area contributed by atoms with Crippen molar-refractivity contribution < 1.29 is 26.6 Å². The summed E-state index contributed by atoms with van der Waals surface area (Å²) in [5, 5.41) is 0. The SMILES string of the molecule is COC(=O)CS.[Fe].[cH-]1[cH-][cH-][cH-][cH-]1.c1cc[cH-]c1. The molecule has 2 rings (SSSR count). The van der Waals surface area contributed by atoms with E-state index < -0.39 is 0 Å². The maximum Gasteiger partial charge on any atom is 0.315 e. The van der Waals surface area contributed by atoms with E-state index in [0.29, 0.717) is 0 Å². The number of esters is 1. The van der Waals surface area contributed by atoms with E-state index in [-0.39, 0.29) is 28.8 Å². The summed E-state index contributed by atoms with van der Waals surface area (Å²) in [7, 11) is 1.33. The van der Waals surface area contributed by atoms with E-state index in [1.165, 1.54) is 7.11 Å². The fourth-order valence-corrected chi connectivity index (χ4v) is 0.835. The predicted molar refractivity (Wildman–Crippen MR) is 69.9 cm³/mol. The molecule has 2 aromatic carbocycles. The third-order valence-electron chi connectivity index (χ3n) is 1.47. The van der Waals surface area contributed by atoms with Crippen molar-refractivity contribution in [2.24, 2.45) is 0 Å². The minimum atomic E-state index is -0.293. The molecule has 17 heavy (non-hydrogen) atoms. The van der Waals surface area contributed by atoms with Crippen LogP contribution in [0.5, 0.6) is 0 Å². The van der Waals surface area contributed by atoms with Gasteiger partial charge < -0.3 is 35.1 Å². The molecule has 0 unspecified atom stereocenters. The Labute approximate surface area is 119 Å². The molecule has 0 aromatic heterocycles. The number of carbonyl (C=O) groups excluding carboxylic acids is 1. The van der Waals surface area contributed by atoms with Crippen LogP contribution in [-0.4, -0.2) is 18.8 Å². The van der Waals surface area contributed by atoms with E-state index in [9.17, 15) is 4.79 Å². The fourth-order valence-electron chi connectivity index (χ4n) is 0.706. The van der Waals surface area contributed by atoms with Crippen molar-refractivity contribution in [3.05, 3.63) is 60.7 Å². The standard InChI is InChI=1S/2C5H5.C3H6O2S.Fe/c2*1-2-4-5-3-1;1-5-3(4)2-6;/h2*1-5H;6H,2H2,1H3;/q-5;-1;;. The van der Waals surface area contributed by atoms with Crippen LogP contribution in [0, 0.1) is 0 Å². The molecule has 2 aromatic rings. The predicted octanol–water partition coefficient (Wildman–Crippen LogP) is 2.90. The zero-order valence-electron chi connectivity index (χ0n) is 9.60. The van der Waals surface area contributed by atoms with Gasteiger partial charge in [0, 0.05) is 17.1 Å². The number of methoxy groups -OCH3 is 1. The molecule has 0 aliphatic rings. The molecule has 0 aliphatic heterocycles. The Morgan fingerprint density at radius 1 is 1.12 bits per heavy atom. The summed E-state index contributed by atoms with van der Waals surface area (Å²) in [5.74, 6) is -0.130. The molecule has 4 heteroatoms. The maximum atomic E-state index is 9.88. The Hall–Kier alpha value is -0.961. The summed E-state index contributed by atoms with van der Waals surface area (Å²) in [6, 6.07) is 20.0. The molecule has 0 fully saturated rings. The Kier molecular flexibility index (Phi) is 16.3. The average Bonchev–Trinajstić information content (AvgIpc) is 3.03. The second kappa shape index (κ2) is 15.0. The van der Waals surface area contributed by atoms with Crippen LogP contribution in [0.2, 0.25) is 0 Å². The van der Waals surface area contributed by atoms with Gasteiger partial charge in [-0.2, -0.15) is 30.8 Å². The summed E-state index contributed by atoms with van der Waals surface area (Å²) in [5.41, 5.74) is 0. The third-order valence-corrected chi connectivity index (χ3v) is 1.73. The smallest absolute Gasteiger partial charge is 0.315 e. The van der Waals surface area contributed by atoms with Gasteiger partial charge in [0.1, 0.15) is 0 Å². The van der Waals surface area contributed by atoms with Gasteiger partial charge in [-0.15, -0.1) is 0 Å². The molecular weight excluding hydrogens is 276 g/mol. The molecule has 0 bridgehead atoms. The van der Waals surface area contributed by atoms with Gasteiger partial charge in [-0.3, -0.25) is 4.79 Å². The van der Waals surface area contributed by atoms with E-state index in [1.807, 2.05) is 60.7 Å². The van der Waals surface area contributed by atoms with Crippen LogP contribution in [0.3, 0.4) is 0 Å². The first kappa shape index (κ1) is 18.4. The maximum absolute atomic E-state index is 9.88. The number of carbonyl (C=O) groups is 1. The van der Waals surface area contributed by atoms with Crippen molar-refractivity contribution in [2.75, 3.05) is 12.9 Å². The molecule has 100 valence electrons. The van der Waals surface area contributed by atoms with Gasteiger partial charge in [0.15, 0.2) is 0 Å². The molecule has 0 spiro atoms. The molecule has 0 aliphatic carbocycles. The first-order valence-electron chi connectivity index (χ1n) is 4.82. The van der Waals surface area contributed by atoms with Crippen molar-refractivity contribution in [1.82, 2.24) is 0 Å². The number of hydrogen-bond acceptors (Lipinski definition) is 3. The fraction of sp³-hybridized carbons (Fsp3) is 0.154. The van der Waals surface area contributed by atoms with Crippen molar-refractivity contribution in [1.29, 1.82) is 0 Å². The molecule has 2 nitrogen and oxygen atoms in total. The third kappa shape index (κ3) is 15.0. The zero-order chi connectivity index (χ0) is 12.1. The molecule has 0 saturated carbocycles. The Bertz CT molecular complexity index is 250. The van der Waals surface area contributed by atoms with Crippen LogP contribution < -0.4 is 0 Å². The molecule has 0 radical (unpaired) electrons. The number of thiol groups is 1. The summed E-state index contributed by atoms with van der Waals surface area (Å²) in [6.45, 7) is 0. The first-order chi connectivity index (χ1) is 7.81. The Morgan fingerprint density at radius 2 is 1.53 bits per heavy atom. The van der Waals surface area contributed by atoms with Gasteiger partial charge in [0.05, 0.1) is 12.9 Å². The zero-order valence-corrected chi connectivity index (χ0v) is 11.6. The second-order valence-electron chi connectivity index (χ2n) is 2.66. The molecular formula is C13H16FeO2S-6. The van der Waals surface area contributed by atoms with Gasteiger partial charge in [-0.05, 0) is 0 Å². The minimum Gasteiger partial charge on any atom is -0.748 e. The van der Waals surface area contributed by atoms with E-state index in [1.54, 1.807) is 0 Å². The number of hydrogen-bond donors (Lipinski definition) is 1. The van der Waals surface area contributed by atoms with E-state index >= 15 is 0 Å². The first-order valence-corrected chi connectivity index (χ1v) is 5.45. The average molecular weight is 292 g/mol. The Balaban J connectivity index is 0. The quantitative estimate of drug-likeness (QED) is 0.378. The molecule has 0 atom stereocenters. The number of ether oxygens (including phenoxy) is 1. The second-order valence-corrected chi connectivity index (χ2v) is 2.97. The van der Waals surface area contributed by atoms with Crippen LogP contribution in [0.15, 0.2) is 60.7 Å². The minimum absolute atomic E-state index is 0. The van der Waals surface area contributed by atoms with E-state index in [0.717, 1.165) is 0 Å². The summed E-state index contributed by atoms with van der Waals surface area (Å²) >= 11 is 3.62. The van der Waals surface area contributed by atoms with Crippen molar-refractivity contribution in [3.63, 3.8) is 0 Å². The monoisotopic (exact) mass is 292 g/mol. The van der Waals surface area contributed by atoms with Crippen LogP contribution in [0.25, 0.3) is 0 Å². The summed E-state index contributed by atoms with van der Waals surface area (Å²) in [4.78, 5) is 9.88. The van der Waals surface area contributed by atoms with Gasteiger partial charge in [0.25, 0.3) is 0 Å². The molecule has 0 N–H and O–H groups in total. The van der Waals surface area contributed by atoms with Crippen LogP contribution >= 0.6 is 12.6 Å². The van der Waals surface area contributed by atoms with Crippen LogP contribution in [0.4, 0.5) is 0 Å². The molecule has 0 heterocycles. The van der Waals surface area contributed by atoms with Crippen LogP contribution in [-0.2, 0) is 26.6 Å². The topological polar surface area (TPSA) is 26.3 Å². The van der Waals surface area contributed by atoms with Gasteiger partial charge in [0.2, 0.25) is 0 Å². The summed E-state index contributed by atoms with van der Waals surface area (Å²) in [6.07, 6.45) is 0. The van der Waals surface area contributed by atoms with Crippen molar-refractivity contribution in [2.45, 2.75) is 0 Å². The number of rotatable bonds is 1. The van der Waals surface area contributed by atoms with Crippen molar-refractivity contribution >= 4 is 18.6 Å².